The van der Waals surface area contributed by atoms with E-state index < -0.39 is 0 Å². The number of carbonyl (C=O) groups excluding carboxylic acids is 2. The van der Waals surface area contributed by atoms with Gasteiger partial charge in [0.1, 0.15) is 0 Å². The van der Waals surface area contributed by atoms with Gasteiger partial charge in [-0.1, -0.05) is 24.3 Å². The third kappa shape index (κ3) is 0.765. The third-order valence-electron chi connectivity index (χ3n) is 4.23. The van der Waals surface area contributed by atoms with Gasteiger partial charge in [-0.25, -0.2) is 0 Å². The Labute approximate surface area is 93.0 Å². The molecule has 0 radical (unpaired) electrons. The summed E-state index contributed by atoms with van der Waals surface area (Å²) in [5, 5.41) is 0. The van der Waals surface area contributed by atoms with E-state index in [4.69, 9.17) is 0 Å². The average molecular weight is 210 g/mol. The van der Waals surface area contributed by atoms with E-state index in [0.717, 1.165) is 11.1 Å². The molecule has 0 fully saturated rings. The maximum absolute atomic E-state index is 11.9. The second-order valence-electron chi connectivity index (χ2n) is 4.87. The summed E-state index contributed by atoms with van der Waals surface area (Å²) < 4.78 is 0. The lowest BCUT2D eigenvalue weighted by Crippen LogP contribution is -2.45. The minimum atomic E-state index is 0.0349. The number of rotatable bonds is 0. The molecule has 0 aliphatic heterocycles. The molecule has 5 aliphatic carbocycles. The van der Waals surface area contributed by atoms with Gasteiger partial charge in [0, 0.05) is 23.0 Å². The lowest BCUT2D eigenvalue weighted by Gasteiger charge is -2.49. The summed E-state index contributed by atoms with van der Waals surface area (Å²) in [5.41, 5.74) is 1.54. The predicted molar refractivity (Wildman–Crippen MR) is 58.4 cm³/mol. The predicted octanol–water partition coefficient (Wildman–Crippen LogP) is 1.61. The SMILES string of the molecule is O=C1C=CC(=O)C2=C1[C@H]1C=C[C@H]2[C@H]2C=C[C@H]21. The highest BCUT2D eigenvalue weighted by atomic mass is 16.1. The van der Waals surface area contributed by atoms with Gasteiger partial charge in [-0.2, -0.15) is 0 Å². The topological polar surface area (TPSA) is 34.1 Å². The number of carbonyl (C=O) groups is 2. The highest BCUT2D eigenvalue weighted by molar-refractivity contribution is 6.21. The molecule has 2 nitrogen and oxygen atoms in total. The quantitative estimate of drug-likeness (QED) is 0.449. The van der Waals surface area contributed by atoms with Crippen LogP contribution in [0.5, 0.6) is 0 Å². The van der Waals surface area contributed by atoms with Crippen molar-refractivity contribution in [2.45, 2.75) is 0 Å². The van der Waals surface area contributed by atoms with Crippen molar-refractivity contribution >= 4 is 11.6 Å². The van der Waals surface area contributed by atoms with Crippen LogP contribution in [0.15, 0.2) is 47.6 Å². The third-order valence-corrected chi connectivity index (χ3v) is 4.23. The van der Waals surface area contributed by atoms with Crippen LogP contribution < -0.4 is 0 Å². The first-order valence-corrected chi connectivity index (χ1v) is 5.65. The van der Waals surface area contributed by atoms with Crippen molar-refractivity contribution in [3.63, 3.8) is 0 Å². The fourth-order valence-electron chi connectivity index (χ4n) is 3.44. The van der Waals surface area contributed by atoms with Crippen LogP contribution >= 0.6 is 0 Å². The van der Waals surface area contributed by atoms with Crippen molar-refractivity contribution in [2.75, 3.05) is 0 Å². The molecular formula is C14H10O2. The average Bonchev–Trinajstić information content (AvgIpc) is 2.23. The van der Waals surface area contributed by atoms with Crippen LogP contribution in [0.4, 0.5) is 0 Å². The van der Waals surface area contributed by atoms with Crippen molar-refractivity contribution in [3.05, 3.63) is 47.6 Å². The number of hydrogen-bond acceptors (Lipinski definition) is 2. The molecule has 2 bridgehead atoms. The second kappa shape index (κ2) is 2.51. The van der Waals surface area contributed by atoms with Gasteiger partial charge in [0.05, 0.1) is 0 Å². The van der Waals surface area contributed by atoms with E-state index in [1.165, 1.54) is 12.2 Å². The first-order chi connectivity index (χ1) is 7.77. The summed E-state index contributed by atoms with van der Waals surface area (Å²) in [7, 11) is 0. The van der Waals surface area contributed by atoms with E-state index in [1.807, 2.05) is 0 Å². The molecule has 2 heteroatoms. The zero-order chi connectivity index (χ0) is 10.9. The van der Waals surface area contributed by atoms with Crippen LogP contribution in [0.1, 0.15) is 0 Å². The number of ketones is 2. The van der Waals surface area contributed by atoms with Crippen LogP contribution in [0.2, 0.25) is 0 Å². The molecule has 0 spiro atoms. The molecule has 0 saturated carbocycles. The van der Waals surface area contributed by atoms with E-state index in [-0.39, 0.29) is 23.4 Å². The van der Waals surface area contributed by atoms with Crippen LogP contribution in [0, 0.1) is 23.7 Å². The van der Waals surface area contributed by atoms with Crippen LogP contribution in [-0.4, -0.2) is 11.6 Å². The first-order valence-electron chi connectivity index (χ1n) is 5.65. The Hall–Kier alpha value is -1.70. The Morgan fingerprint density at radius 1 is 0.688 bits per heavy atom. The van der Waals surface area contributed by atoms with Gasteiger partial charge < -0.3 is 0 Å². The first kappa shape index (κ1) is 8.45. The highest BCUT2D eigenvalue weighted by Gasteiger charge is 2.50. The van der Waals surface area contributed by atoms with E-state index in [1.54, 1.807) is 0 Å². The fraction of sp³-hybridized carbons (Fsp3) is 0.286. The highest BCUT2D eigenvalue weighted by Crippen LogP contribution is 2.54. The Morgan fingerprint density at radius 2 is 1.12 bits per heavy atom. The zero-order valence-corrected chi connectivity index (χ0v) is 8.59. The number of hydrogen-bond donors (Lipinski definition) is 0. The standard InChI is InChI=1S/C14H10O2/c15-11-5-6-12(16)14-10-4-3-9(13(11)14)7-1-2-8(7)10/h1-10H/t7-,8+,9-,10-/m0/s1. The minimum absolute atomic E-state index is 0.0349. The molecule has 4 atom stereocenters. The lowest BCUT2D eigenvalue weighted by atomic mass is 9.54. The van der Waals surface area contributed by atoms with E-state index >= 15 is 0 Å². The second-order valence-corrected chi connectivity index (χ2v) is 4.87. The van der Waals surface area contributed by atoms with E-state index in [2.05, 4.69) is 24.3 Å². The molecular weight excluding hydrogens is 200 g/mol. The lowest BCUT2D eigenvalue weighted by molar-refractivity contribution is -0.116. The van der Waals surface area contributed by atoms with Gasteiger partial charge >= 0.3 is 0 Å². The van der Waals surface area contributed by atoms with Crippen LogP contribution in [-0.2, 0) is 9.59 Å². The number of allylic oxidation sites excluding steroid dienone is 8. The largest absolute Gasteiger partial charge is 0.290 e. The molecule has 0 unspecified atom stereocenters. The molecule has 16 heavy (non-hydrogen) atoms. The van der Waals surface area contributed by atoms with Crippen LogP contribution in [0.3, 0.4) is 0 Å². The summed E-state index contributed by atoms with van der Waals surface area (Å²) in [4.78, 5) is 23.8. The van der Waals surface area contributed by atoms with Crippen molar-refractivity contribution in [2.24, 2.45) is 23.7 Å². The summed E-state index contributed by atoms with van der Waals surface area (Å²) in [5.74, 6) is 1.28. The van der Waals surface area contributed by atoms with Crippen molar-refractivity contribution in [1.29, 1.82) is 0 Å². The van der Waals surface area contributed by atoms with Gasteiger partial charge in [0.25, 0.3) is 0 Å². The molecule has 78 valence electrons. The molecule has 0 aromatic carbocycles. The van der Waals surface area contributed by atoms with Crippen LogP contribution in [0.25, 0.3) is 0 Å². The fourth-order valence-corrected chi connectivity index (χ4v) is 3.44. The van der Waals surface area contributed by atoms with Gasteiger partial charge in [-0.05, 0) is 24.0 Å². The van der Waals surface area contributed by atoms with Gasteiger partial charge in [-0.15, -0.1) is 0 Å². The van der Waals surface area contributed by atoms with E-state index in [0.29, 0.717) is 11.8 Å². The Bertz CT molecular complexity index is 499. The molecule has 0 saturated heterocycles. The van der Waals surface area contributed by atoms with Crippen molar-refractivity contribution in [1.82, 2.24) is 0 Å². The Morgan fingerprint density at radius 3 is 1.50 bits per heavy atom. The molecule has 5 aliphatic rings. The van der Waals surface area contributed by atoms with Gasteiger partial charge in [-0.3, -0.25) is 9.59 Å². The Balaban J connectivity index is 1.95. The van der Waals surface area contributed by atoms with Crippen molar-refractivity contribution < 1.29 is 9.59 Å². The minimum Gasteiger partial charge on any atom is -0.290 e. The van der Waals surface area contributed by atoms with Gasteiger partial charge in [0.2, 0.25) is 0 Å². The van der Waals surface area contributed by atoms with E-state index in [9.17, 15) is 9.59 Å². The maximum Gasteiger partial charge on any atom is 0.183 e. The maximum atomic E-state index is 11.9. The monoisotopic (exact) mass is 210 g/mol. The normalized spacial score (nSPS) is 42.2. The molecule has 0 aromatic heterocycles. The Kier molecular flexibility index (Phi) is 1.33. The molecule has 0 amide bonds. The van der Waals surface area contributed by atoms with Crippen molar-refractivity contribution in [3.8, 4) is 0 Å². The summed E-state index contributed by atoms with van der Waals surface area (Å²) in [6, 6.07) is 0. The zero-order valence-electron chi connectivity index (χ0n) is 8.59. The molecule has 0 N–H and O–H groups in total. The summed E-state index contributed by atoms with van der Waals surface area (Å²) in [6.07, 6.45) is 11.4. The summed E-state index contributed by atoms with van der Waals surface area (Å²) in [6.45, 7) is 0. The molecule has 5 rings (SSSR count). The smallest absolute Gasteiger partial charge is 0.183 e. The molecule has 0 aromatic rings. The van der Waals surface area contributed by atoms with Gasteiger partial charge in [0.15, 0.2) is 11.6 Å². The summed E-state index contributed by atoms with van der Waals surface area (Å²) >= 11 is 0. The molecule has 0 heterocycles.